The van der Waals surface area contributed by atoms with Crippen LogP contribution in [-0.4, -0.2) is 35.4 Å². The van der Waals surface area contributed by atoms with Gasteiger partial charge in [0.25, 0.3) is 0 Å². The summed E-state index contributed by atoms with van der Waals surface area (Å²) in [4.78, 5) is 14.3. The number of nitrogens with zero attached hydrogens (tertiary/aromatic N) is 1. The minimum atomic E-state index is -4.59. The van der Waals surface area contributed by atoms with Gasteiger partial charge in [-0.2, -0.15) is 13.2 Å². The molecule has 1 heterocycles. The molecule has 31 heavy (non-hydrogen) atoms. The van der Waals surface area contributed by atoms with Gasteiger partial charge in [0.2, 0.25) is 0 Å². The molecule has 3 N–H and O–H groups in total. The van der Waals surface area contributed by atoms with Gasteiger partial charge >= 0.3 is 6.18 Å². The van der Waals surface area contributed by atoms with Crippen LogP contribution < -0.4 is 5.73 Å². The molecule has 4 nitrogen and oxygen atoms in total. The van der Waals surface area contributed by atoms with Crippen LogP contribution in [0.25, 0.3) is 0 Å². The van der Waals surface area contributed by atoms with Crippen molar-refractivity contribution in [2.75, 3.05) is 25.4 Å². The molecule has 9 heteroatoms. The summed E-state index contributed by atoms with van der Waals surface area (Å²) in [5.74, 6) is -0.676. The zero-order valence-electron chi connectivity index (χ0n) is 16.7. The van der Waals surface area contributed by atoms with Crippen LogP contribution in [0.15, 0.2) is 36.4 Å². The average molecular weight is 459 g/mol. The Morgan fingerprint density at radius 3 is 2.45 bits per heavy atom. The Morgan fingerprint density at radius 2 is 1.84 bits per heavy atom. The Labute approximate surface area is 182 Å². The quantitative estimate of drug-likeness (QED) is 0.362. The van der Waals surface area contributed by atoms with Crippen molar-refractivity contribution in [1.29, 1.82) is 0 Å². The summed E-state index contributed by atoms with van der Waals surface area (Å²) in [5.41, 5.74) is 3.97. The van der Waals surface area contributed by atoms with Crippen molar-refractivity contribution in [3.63, 3.8) is 0 Å². The first-order valence-corrected chi connectivity index (χ1v) is 10.3. The molecule has 1 aliphatic rings. The number of hydrogen-bond acceptors (Lipinski definition) is 4. The Bertz CT molecular complexity index is 957. The van der Waals surface area contributed by atoms with Gasteiger partial charge in [0, 0.05) is 30.8 Å². The second kappa shape index (κ2) is 9.14. The first kappa shape index (κ1) is 23.5. The van der Waals surface area contributed by atoms with Crippen molar-refractivity contribution in [2.24, 2.45) is 0 Å². The van der Waals surface area contributed by atoms with Gasteiger partial charge in [-0.25, -0.2) is 4.39 Å². The number of nitrogens with two attached hydrogens (primary N) is 1. The zero-order chi connectivity index (χ0) is 22.8. The summed E-state index contributed by atoms with van der Waals surface area (Å²) in [6.45, 7) is 1.55. The van der Waals surface area contributed by atoms with Crippen LogP contribution in [0.4, 0.5) is 23.2 Å². The number of carbonyl (C=O) groups excluding carboxylic acids is 1. The number of carbonyl (C=O) groups is 1. The molecule has 0 spiro atoms. The van der Waals surface area contributed by atoms with E-state index in [-0.39, 0.29) is 41.9 Å². The van der Waals surface area contributed by atoms with Gasteiger partial charge in [-0.15, -0.1) is 0 Å². The summed E-state index contributed by atoms with van der Waals surface area (Å²) >= 11 is 5.67. The molecule has 1 saturated heterocycles. The summed E-state index contributed by atoms with van der Waals surface area (Å²) < 4.78 is 52.5. The highest BCUT2D eigenvalue weighted by Gasteiger charge is 2.38. The van der Waals surface area contributed by atoms with Gasteiger partial charge in [0.05, 0.1) is 16.2 Å². The second-order valence-corrected chi connectivity index (χ2v) is 8.23. The highest BCUT2D eigenvalue weighted by molar-refractivity contribution is 6.31. The third kappa shape index (κ3) is 5.56. The average Bonchev–Trinajstić information content (AvgIpc) is 2.69. The molecule has 168 valence electrons. The van der Waals surface area contributed by atoms with Crippen molar-refractivity contribution in [3.05, 3.63) is 63.9 Å². The van der Waals surface area contributed by atoms with E-state index in [4.69, 9.17) is 17.3 Å². The molecule has 0 bridgehead atoms. The molecule has 0 aromatic heterocycles. The van der Waals surface area contributed by atoms with Gasteiger partial charge in [-0.05, 0) is 61.7 Å². The molecule has 0 amide bonds. The van der Waals surface area contributed by atoms with E-state index in [0.29, 0.717) is 26.1 Å². The lowest BCUT2D eigenvalue weighted by Gasteiger charge is -2.38. The number of ketones is 1. The molecule has 0 atom stereocenters. The van der Waals surface area contributed by atoms with Crippen molar-refractivity contribution >= 4 is 23.1 Å². The normalized spacial score (nSPS) is 17.0. The number of anilines is 1. The molecular formula is C22H23ClF4N2O2. The maximum atomic E-state index is 13.1. The molecule has 0 unspecified atom stereocenters. The van der Waals surface area contributed by atoms with Crippen LogP contribution in [0.2, 0.25) is 5.02 Å². The van der Waals surface area contributed by atoms with Crippen LogP contribution in [0.3, 0.4) is 0 Å². The van der Waals surface area contributed by atoms with Gasteiger partial charge < -0.3 is 15.7 Å². The van der Waals surface area contributed by atoms with Crippen LogP contribution in [0.5, 0.6) is 0 Å². The maximum absolute atomic E-state index is 13.1. The third-order valence-corrected chi connectivity index (χ3v) is 6.01. The van der Waals surface area contributed by atoms with E-state index < -0.39 is 28.2 Å². The van der Waals surface area contributed by atoms with Gasteiger partial charge in [-0.3, -0.25) is 4.79 Å². The first-order valence-electron chi connectivity index (χ1n) is 9.90. The fourth-order valence-electron chi connectivity index (χ4n) is 3.85. The number of alkyl halides is 3. The molecule has 3 rings (SSSR count). The van der Waals surface area contributed by atoms with Crippen molar-refractivity contribution in [3.8, 4) is 0 Å². The Morgan fingerprint density at radius 1 is 1.16 bits per heavy atom. The largest absolute Gasteiger partial charge is 0.417 e. The van der Waals surface area contributed by atoms with Crippen LogP contribution in [0.1, 0.15) is 47.2 Å². The summed E-state index contributed by atoms with van der Waals surface area (Å²) in [6, 6.07) is 7.19. The van der Waals surface area contributed by atoms with Crippen molar-refractivity contribution in [1.82, 2.24) is 4.90 Å². The summed E-state index contributed by atoms with van der Waals surface area (Å²) in [5, 5.41) is 10.5. The number of rotatable bonds is 6. The Hall–Kier alpha value is -2.16. The predicted octanol–water partition coefficient (Wildman–Crippen LogP) is 5.03. The highest BCUT2D eigenvalue weighted by atomic mass is 35.5. The number of aliphatic hydroxyl groups is 1. The lowest BCUT2D eigenvalue weighted by Crippen LogP contribution is -2.43. The van der Waals surface area contributed by atoms with E-state index in [2.05, 4.69) is 4.90 Å². The van der Waals surface area contributed by atoms with Crippen LogP contribution >= 0.6 is 11.6 Å². The third-order valence-electron chi connectivity index (χ3n) is 5.68. The molecule has 2 aromatic rings. The second-order valence-electron chi connectivity index (χ2n) is 7.82. The SMILES string of the molecule is Nc1cc(F)ccc1C(=O)CCCN1CCC(O)(c2ccc(Cl)c(C(F)(F)F)c2)CC1. The number of hydrogen-bond donors (Lipinski definition) is 2. The lowest BCUT2D eigenvalue weighted by molar-refractivity contribution is -0.137. The first-order chi connectivity index (χ1) is 14.5. The van der Waals surface area contributed by atoms with Crippen molar-refractivity contribution < 1.29 is 27.5 Å². The van der Waals surface area contributed by atoms with Crippen LogP contribution in [0, 0.1) is 5.82 Å². The number of Topliss-reactive ketones (excluding diaryl/α,β-unsaturated/α-hetero) is 1. The molecule has 2 aromatic carbocycles. The standard InChI is InChI=1S/C22H23ClF4N2O2/c23-18-6-3-14(12-17(18)22(25,26)27)21(31)7-10-29(11-8-21)9-1-2-20(30)16-5-4-15(24)13-19(16)28/h3-6,12-13,31H,1-2,7-11,28H2. The summed E-state index contributed by atoms with van der Waals surface area (Å²) in [6.07, 6.45) is -3.27. The molecule has 0 aliphatic carbocycles. The fraction of sp³-hybridized carbons (Fsp3) is 0.409. The van der Waals surface area contributed by atoms with E-state index in [1.165, 1.54) is 18.2 Å². The number of likely N-dealkylation sites (tertiary alicyclic amines) is 1. The Kier molecular flexibility index (Phi) is 6.93. The number of halogens is 5. The van der Waals surface area contributed by atoms with Gasteiger partial charge in [-0.1, -0.05) is 17.7 Å². The molecular weight excluding hydrogens is 436 g/mol. The lowest BCUT2D eigenvalue weighted by atomic mass is 9.83. The van der Waals surface area contributed by atoms with E-state index in [9.17, 15) is 27.5 Å². The van der Waals surface area contributed by atoms with Crippen molar-refractivity contribution in [2.45, 2.75) is 37.5 Å². The Balaban J connectivity index is 1.54. The highest BCUT2D eigenvalue weighted by Crippen LogP contribution is 2.40. The molecule has 1 aliphatic heterocycles. The van der Waals surface area contributed by atoms with E-state index in [1.54, 1.807) is 0 Å². The number of benzene rings is 2. The van der Waals surface area contributed by atoms with E-state index >= 15 is 0 Å². The topological polar surface area (TPSA) is 66.6 Å². The molecule has 1 fully saturated rings. The van der Waals surface area contributed by atoms with Gasteiger partial charge in [0.15, 0.2) is 5.78 Å². The number of nitrogen functional groups attached to an aromatic ring is 1. The van der Waals surface area contributed by atoms with Crippen LogP contribution in [-0.2, 0) is 11.8 Å². The molecule has 0 radical (unpaired) electrons. The van der Waals surface area contributed by atoms with Gasteiger partial charge in [0.1, 0.15) is 5.82 Å². The number of piperidine rings is 1. The summed E-state index contributed by atoms with van der Waals surface area (Å²) in [7, 11) is 0. The maximum Gasteiger partial charge on any atom is 0.417 e. The van der Waals surface area contributed by atoms with E-state index in [1.807, 2.05) is 0 Å². The van der Waals surface area contributed by atoms with E-state index in [0.717, 1.165) is 18.2 Å². The minimum absolute atomic E-state index is 0.106. The fourth-order valence-corrected chi connectivity index (χ4v) is 4.08. The minimum Gasteiger partial charge on any atom is -0.398 e. The zero-order valence-corrected chi connectivity index (χ0v) is 17.4. The monoisotopic (exact) mass is 458 g/mol. The smallest absolute Gasteiger partial charge is 0.398 e. The molecule has 0 saturated carbocycles. The predicted molar refractivity (Wildman–Crippen MR) is 110 cm³/mol.